The summed E-state index contributed by atoms with van der Waals surface area (Å²) >= 11 is 0. The second-order valence-electron chi connectivity index (χ2n) is 5.79. The van der Waals surface area contributed by atoms with Gasteiger partial charge in [-0.2, -0.15) is 0 Å². The summed E-state index contributed by atoms with van der Waals surface area (Å²) in [7, 11) is 0. The molecule has 0 aromatic carbocycles. The van der Waals surface area contributed by atoms with Crippen molar-refractivity contribution in [3.05, 3.63) is 12.7 Å². The van der Waals surface area contributed by atoms with Crippen molar-refractivity contribution in [2.75, 3.05) is 0 Å². The first-order valence-corrected chi connectivity index (χ1v) is 6.76. The maximum absolute atomic E-state index is 3.86. The first kappa shape index (κ1) is 12.8. The molecule has 0 amide bonds. The monoisotopic (exact) mass is 208 g/mol. The highest BCUT2D eigenvalue weighted by Crippen LogP contribution is 2.35. The molecule has 0 aromatic heterocycles. The Hall–Kier alpha value is -0.260. The SMILES string of the molecule is C=CC(C)CCC(C)C1CCC(C)CC1. The number of allylic oxidation sites excluding steroid dienone is 1. The normalized spacial score (nSPS) is 30.9. The van der Waals surface area contributed by atoms with Crippen molar-refractivity contribution >= 4 is 0 Å². The Kier molecular flexibility index (Phi) is 5.42. The van der Waals surface area contributed by atoms with Gasteiger partial charge in [-0.05, 0) is 49.4 Å². The summed E-state index contributed by atoms with van der Waals surface area (Å²) in [6.45, 7) is 11.0. The van der Waals surface area contributed by atoms with Crippen LogP contribution in [-0.4, -0.2) is 0 Å². The van der Waals surface area contributed by atoms with E-state index in [4.69, 9.17) is 0 Å². The molecule has 2 atom stereocenters. The summed E-state index contributed by atoms with van der Waals surface area (Å²) in [4.78, 5) is 0. The van der Waals surface area contributed by atoms with Gasteiger partial charge in [-0.1, -0.05) is 39.7 Å². The van der Waals surface area contributed by atoms with E-state index >= 15 is 0 Å². The Morgan fingerprint density at radius 2 is 1.73 bits per heavy atom. The average Bonchev–Trinajstić information content (AvgIpc) is 2.26. The van der Waals surface area contributed by atoms with Gasteiger partial charge in [0, 0.05) is 0 Å². The van der Waals surface area contributed by atoms with E-state index in [0.29, 0.717) is 5.92 Å². The Balaban J connectivity index is 2.21. The maximum atomic E-state index is 3.86. The van der Waals surface area contributed by atoms with Crippen LogP contribution in [0.15, 0.2) is 12.7 Å². The average molecular weight is 208 g/mol. The molecule has 0 spiro atoms. The van der Waals surface area contributed by atoms with E-state index in [2.05, 4.69) is 33.4 Å². The summed E-state index contributed by atoms with van der Waals surface area (Å²) in [5.41, 5.74) is 0. The zero-order chi connectivity index (χ0) is 11.3. The molecule has 0 radical (unpaired) electrons. The molecule has 1 saturated carbocycles. The van der Waals surface area contributed by atoms with Crippen LogP contribution in [0.4, 0.5) is 0 Å². The van der Waals surface area contributed by atoms with Crippen molar-refractivity contribution < 1.29 is 0 Å². The topological polar surface area (TPSA) is 0 Å². The van der Waals surface area contributed by atoms with Gasteiger partial charge in [0.05, 0.1) is 0 Å². The largest absolute Gasteiger partial charge is 0.103 e. The molecule has 88 valence electrons. The van der Waals surface area contributed by atoms with Gasteiger partial charge in [-0.25, -0.2) is 0 Å². The fourth-order valence-electron chi connectivity index (χ4n) is 2.73. The van der Waals surface area contributed by atoms with Gasteiger partial charge >= 0.3 is 0 Å². The third-order valence-corrected chi connectivity index (χ3v) is 4.34. The number of rotatable bonds is 5. The van der Waals surface area contributed by atoms with Gasteiger partial charge < -0.3 is 0 Å². The van der Waals surface area contributed by atoms with Gasteiger partial charge in [-0.15, -0.1) is 6.58 Å². The minimum absolute atomic E-state index is 0.704. The quantitative estimate of drug-likeness (QED) is 0.555. The molecule has 1 aliphatic carbocycles. The van der Waals surface area contributed by atoms with Crippen molar-refractivity contribution in [1.29, 1.82) is 0 Å². The fourth-order valence-corrected chi connectivity index (χ4v) is 2.73. The smallest absolute Gasteiger partial charge is 0.0265 e. The molecular weight excluding hydrogens is 180 g/mol. The molecule has 0 nitrogen and oxygen atoms in total. The van der Waals surface area contributed by atoms with Crippen molar-refractivity contribution in [1.82, 2.24) is 0 Å². The number of hydrogen-bond acceptors (Lipinski definition) is 0. The molecule has 0 bridgehead atoms. The lowest BCUT2D eigenvalue weighted by Gasteiger charge is -2.31. The molecular formula is C15H28. The Labute approximate surface area is 96.2 Å². The highest BCUT2D eigenvalue weighted by atomic mass is 14.3. The predicted molar refractivity (Wildman–Crippen MR) is 68.9 cm³/mol. The molecule has 0 N–H and O–H groups in total. The Bertz CT molecular complexity index is 174. The third kappa shape index (κ3) is 4.40. The summed E-state index contributed by atoms with van der Waals surface area (Å²) in [5, 5.41) is 0. The van der Waals surface area contributed by atoms with Crippen LogP contribution in [0.1, 0.15) is 59.3 Å². The number of hydrogen-bond donors (Lipinski definition) is 0. The van der Waals surface area contributed by atoms with Crippen LogP contribution in [0, 0.1) is 23.7 Å². The lowest BCUT2D eigenvalue weighted by Crippen LogP contribution is -2.19. The molecule has 0 heteroatoms. The van der Waals surface area contributed by atoms with Gasteiger partial charge in [0.15, 0.2) is 0 Å². The fraction of sp³-hybridized carbons (Fsp3) is 0.867. The van der Waals surface area contributed by atoms with Crippen molar-refractivity contribution in [2.24, 2.45) is 23.7 Å². The zero-order valence-corrected chi connectivity index (χ0v) is 10.8. The molecule has 0 saturated heterocycles. The Morgan fingerprint density at radius 3 is 2.27 bits per heavy atom. The van der Waals surface area contributed by atoms with Crippen molar-refractivity contribution in [3.63, 3.8) is 0 Å². The molecule has 0 aromatic rings. The van der Waals surface area contributed by atoms with Gasteiger partial charge in [-0.3, -0.25) is 0 Å². The molecule has 0 heterocycles. The van der Waals surface area contributed by atoms with Crippen LogP contribution >= 0.6 is 0 Å². The van der Waals surface area contributed by atoms with E-state index in [1.807, 2.05) is 0 Å². The molecule has 1 rings (SSSR count). The summed E-state index contributed by atoms with van der Waals surface area (Å²) in [6, 6.07) is 0. The lowest BCUT2D eigenvalue weighted by molar-refractivity contribution is 0.210. The first-order chi connectivity index (χ1) is 7.13. The molecule has 15 heavy (non-hydrogen) atoms. The van der Waals surface area contributed by atoms with E-state index < -0.39 is 0 Å². The summed E-state index contributed by atoms with van der Waals surface area (Å²) < 4.78 is 0. The van der Waals surface area contributed by atoms with Crippen LogP contribution in [0.25, 0.3) is 0 Å². The zero-order valence-electron chi connectivity index (χ0n) is 10.8. The Morgan fingerprint density at radius 1 is 1.13 bits per heavy atom. The van der Waals surface area contributed by atoms with Crippen LogP contribution in [0.5, 0.6) is 0 Å². The summed E-state index contributed by atoms with van der Waals surface area (Å²) in [5.74, 6) is 3.63. The third-order valence-electron chi connectivity index (χ3n) is 4.34. The van der Waals surface area contributed by atoms with E-state index in [0.717, 1.165) is 17.8 Å². The highest BCUT2D eigenvalue weighted by Gasteiger charge is 2.22. The van der Waals surface area contributed by atoms with Gasteiger partial charge in [0.1, 0.15) is 0 Å². The van der Waals surface area contributed by atoms with Gasteiger partial charge in [0.25, 0.3) is 0 Å². The second-order valence-corrected chi connectivity index (χ2v) is 5.79. The summed E-state index contributed by atoms with van der Waals surface area (Å²) in [6.07, 6.45) is 10.7. The van der Waals surface area contributed by atoms with E-state index in [1.54, 1.807) is 0 Å². The lowest BCUT2D eigenvalue weighted by atomic mass is 9.75. The van der Waals surface area contributed by atoms with Crippen LogP contribution in [0.2, 0.25) is 0 Å². The molecule has 1 aliphatic rings. The predicted octanol–water partition coefficient (Wildman–Crippen LogP) is 5.05. The minimum Gasteiger partial charge on any atom is -0.103 e. The standard InChI is InChI=1S/C15H28/c1-5-12(2)6-9-14(4)15-10-7-13(3)8-11-15/h5,12-15H,1,6-11H2,2-4H3. The molecule has 0 aliphatic heterocycles. The highest BCUT2D eigenvalue weighted by molar-refractivity contribution is 4.78. The minimum atomic E-state index is 0.704. The van der Waals surface area contributed by atoms with Gasteiger partial charge in [0.2, 0.25) is 0 Å². The van der Waals surface area contributed by atoms with Crippen LogP contribution < -0.4 is 0 Å². The molecule has 1 fully saturated rings. The first-order valence-electron chi connectivity index (χ1n) is 6.76. The van der Waals surface area contributed by atoms with E-state index in [-0.39, 0.29) is 0 Å². The van der Waals surface area contributed by atoms with Crippen molar-refractivity contribution in [2.45, 2.75) is 59.3 Å². The molecule has 2 unspecified atom stereocenters. The maximum Gasteiger partial charge on any atom is -0.0265 e. The van der Waals surface area contributed by atoms with Crippen LogP contribution in [0.3, 0.4) is 0 Å². The van der Waals surface area contributed by atoms with Crippen molar-refractivity contribution in [3.8, 4) is 0 Å². The second kappa shape index (κ2) is 6.35. The van der Waals surface area contributed by atoms with E-state index in [9.17, 15) is 0 Å². The van der Waals surface area contributed by atoms with E-state index in [1.165, 1.54) is 38.5 Å². The van der Waals surface area contributed by atoms with Crippen LogP contribution in [-0.2, 0) is 0 Å².